The Morgan fingerprint density at radius 3 is 2.15 bits per heavy atom. The quantitative estimate of drug-likeness (QED) is 0.777. The Labute approximate surface area is 97.1 Å². The van der Waals surface area contributed by atoms with Gasteiger partial charge in [-0.25, -0.2) is 0 Å². The van der Waals surface area contributed by atoms with Crippen molar-refractivity contribution in [3.8, 4) is 0 Å². The Bertz CT molecular complexity index is 167. The van der Waals surface area contributed by atoms with Crippen molar-refractivity contribution in [3.05, 3.63) is 0 Å². The molecule has 0 bridgehead atoms. The topological polar surface area (TPSA) is 29.1 Å². The van der Waals surface area contributed by atoms with Crippen LogP contribution < -0.4 is 5.32 Å². The summed E-state index contributed by atoms with van der Waals surface area (Å²) in [5.41, 5.74) is -0.175. The maximum atomic E-state index is 11.4. The molecule has 13 heavy (non-hydrogen) atoms. The zero-order valence-corrected chi connectivity index (χ0v) is 11.5. The lowest BCUT2D eigenvalue weighted by Gasteiger charge is -2.26. The van der Waals surface area contributed by atoms with Gasteiger partial charge in [-0.3, -0.25) is 4.79 Å². The largest absolute Gasteiger partial charge is 0.349 e. The number of hydrogen-bond donors (Lipinski definition) is 1. The van der Waals surface area contributed by atoms with Crippen molar-refractivity contribution in [2.24, 2.45) is 5.92 Å². The number of alkyl halides is 2. The van der Waals surface area contributed by atoms with E-state index >= 15 is 0 Å². The highest BCUT2D eigenvalue weighted by Gasteiger charge is 2.23. The van der Waals surface area contributed by atoms with E-state index in [2.05, 4.69) is 37.2 Å². The summed E-state index contributed by atoms with van der Waals surface area (Å²) >= 11 is 6.76. The number of rotatable bonds is 5. The van der Waals surface area contributed by atoms with Gasteiger partial charge in [0.15, 0.2) is 0 Å². The van der Waals surface area contributed by atoms with Crippen molar-refractivity contribution in [2.45, 2.75) is 32.7 Å². The summed E-state index contributed by atoms with van der Waals surface area (Å²) < 4.78 is 0. The molecule has 0 radical (unpaired) electrons. The molecule has 4 heteroatoms. The van der Waals surface area contributed by atoms with Crippen molar-refractivity contribution >= 4 is 37.8 Å². The van der Waals surface area contributed by atoms with Gasteiger partial charge in [0.25, 0.3) is 0 Å². The molecular weight excluding hydrogens is 298 g/mol. The predicted octanol–water partition coefficient (Wildman–Crippen LogP) is 2.70. The molecule has 0 aromatic rings. The molecule has 0 fully saturated rings. The molecule has 0 saturated carbocycles. The van der Waals surface area contributed by atoms with Crippen LogP contribution in [0, 0.1) is 5.92 Å². The van der Waals surface area contributed by atoms with Gasteiger partial charge in [0.2, 0.25) is 5.91 Å². The maximum Gasteiger partial charge on any atom is 0.220 e. The average molecular weight is 315 g/mol. The Morgan fingerprint density at radius 2 is 1.85 bits per heavy atom. The molecule has 0 aromatic carbocycles. The van der Waals surface area contributed by atoms with Crippen molar-refractivity contribution in [1.82, 2.24) is 5.32 Å². The van der Waals surface area contributed by atoms with Crippen LogP contribution in [0.1, 0.15) is 27.2 Å². The summed E-state index contributed by atoms with van der Waals surface area (Å²) in [6, 6.07) is 0. The molecule has 0 unspecified atom stereocenters. The highest BCUT2D eigenvalue weighted by Crippen LogP contribution is 2.12. The molecule has 1 amide bonds. The number of amides is 1. The summed E-state index contributed by atoms with van der Waals surface area (Å²) in [4.78, 5) is 11.4. The Morgan fingerprint density at radius 1 is 1.38 bits per heavy atom. The van der Waals surface area contributed by atoms with Crippen molar-refractivity contribution < 1.29 is 4.79 Å². The first-order chi connectivity index (χ1) is 5.93. The minimum Gasteiger partial charge on any atom is -0.349 e. The number of halogens is 2. The maximum absolute atomic E-state index is 11.4. The Balaban J connectivity index is 4.02. The van der Waals surface area contributed by atoms with E-state index in [1.807, 2.05) is 20.8 Å². The van der Waals surface area contributed by atoms with Crippen LogP contribution in [0.15, 0.2) is 0 Å². The van der Waals surface area contributed by atoms with Gasteiger partial charge in [0.1, 0.15) is 0 Å². The number of carbonyl (C=O) groups is 1. The predicted molar refractivity (Wildman–Crippen MR) is 63.6 cm³/mol. The third-order valence-corrected chi connectivity index (χ3v) is 4.10. The van der Waals surface area contributed by atoms with Crippen molar-refractivity contribution in [2.75, 3.05) is 10.7 Å². The molecule has 0 aromatic heterocycles. The summed E-state index contributed by atoms with van der Waals surface area (Å²) in [7, 11) is 0. The molecule has 0 heterocycles. The van der Waals surface area contributed by atoms with Crippen LogP contribution in [0.25, 0.3) is 0 Å². The minimum absolute atomic E-state index is 0.122. The van der Waals surface area contributed by atoms with E-state index in [0.29, 0.717) is 12.3 Å². The smallest absolute Gasteiger partial charge is 0.220 e. The Hall–Kier alpha value is 0.430. The van der Waals surface area contributed by atoms with Gasteiger partial charge in [-0.05, 0) is 12.8 Å². The first-order valence-electron chi connectivity index (χ1n) is 4.36. The second-order valence-electron chi connectivity index (χ2n) is 3.97. The third kappa shape index (κ3) is 5.68. The van der Waals surface area contributed by atoms with E-state index in [1.54, 1.807) is 0 Å². The van der Waals surface area contributed by atoms with Crippen LogP contribution in [-0.4, -0.2) is 22.1 Å². The zero-order valence-electron chi connectivity index (χ0n) is 8.36. The molecule has 0 saturated heterocycles. The van der Waals surface area contributed by atoms with E-state index in [9.17, 15) is 4.79 Å². The number of hydrogen-bond acceptors (Lipinski definition) is 1. The molecule has 78 valence electrons. The fourth-order valence-corrected chi connectivity index (χ4v) is 2.07. The van der Waals surface area contributed by atoms with E-state index in [0.717, 1.165) is 10.7 Å². The van der Waals surface area contributed by atoms with Crippen LogP contribution in [0.2, 0.25) is 0 Å². The second-order valence-corrected chi connectivity index (χ2v) is 5.10. The normalized spacial score (nSPS) is 11.8. The molecule has 2 nitrogen and oxygen atoms in total. The lowest BCUT2D eigenvalue weighted by molar-refractivity contribution is -0.123. The number of nitrogens with one attached hydrogen (secondary N) is 1. The molecule has 0 atom stereocenters. The van der Waals surface area contributed by atoms with Gasteiger partial charge < -0.3 is 5.32 Å². The fourth-order valence-electron chi connectivity index (χ4n) is 0.861. The lowest BCUT2D eigenvalue weighted by atomic mass is 10.1. The highest BCUT2D eigenvalue weighted by molar-refractivity contribution is 9.09. The van der Waals surface area contributed by atoms with E-state index in [1.165, 1.54) is 0 Å². The molecule has 1 N–H and O–H groups in total. The summed E-state index contributed by atoms with van der Waals surface area (Å²) in [5.74, 6) is 0.534. The number of carbonyl (C=O) groups excluding carboxylic acids is 1. The first kappa shape index (κ1) is 13.4. The highest BCUT2D eigenvalue weighted by atomic mass is 79.9. The van der Waals surface area contributed by atoms with E-state index in [-0.39, 0.29) is 11.4 Å². The van der Waals surface area contributed by atoms with Gasteiger partial charge in [0, 0.05) is 17.1 Å². The van der Waals surface area contributed by atoms with E-state index in [4.69, 9.17) is 0 Å². The zero-order chi connectivity index (χ0) is 10.5. The van der Waals surface area contributed by atoms with Gasteiger partial charge in [0.05, 0.1) is 5.54 Å². The second kappa shape index (κ2) is 6.02. The SMILES string of the molecule is CC(C)CC(=O)NC(C)(CBr)CBr. The molecule has 0 aliphatic rings. The average Bonchev–Trinajstić information content (AvgIpc) is 2.02. The van der Waals surface area contributed by atoms with Gasteiger partial charge in [-0.2, -0.15) is 0 Å². The fraction of sp³-hybridized carbons (Fsp3) is 0.889. The Kier molecular flexibility index (Phi) is 6.21. The first-order valence-corrected chi connectivity index (χ1v) is 6.61. The molecular formula is C9H17Br2NO. The standard InChI is InChI=1S/C9H17Br2NO/c1-7(2)4-8(13)12-9(3,5-10)6-11/h7H,4-6H2,1-3H3,(H,12,13). The van der Waals surface area contributed by atoms with E-state index < -0.39 is 0 Å². The van der Waals surface area contributed by atoms with Gasteiger partial charge in [-0.1, -0.05) is 45.7 Å². The third-order valence-electron chi connectivity index (χ3n) is 1.62. The van der Waals surface area contributed by atoms with Crippen molar-refractivity contribution in [1.29, 1.82) is 0 Å². The summed E-state index contributed by atoms with van der Waals surface area (Å²) in [5, 5.41) is 4.51. The molecule has 0 rings (SSSR count). The molecule has 0 aliphatic carbocycles. The summed E-state index contributed by atoms with van der Waals surface area (Å²) in [6.45, 7) is 6.09. The van der Waals surface area contributed by atoms with Crippen LogP contribution in [0.5, 0.6) is 0 Å². The molecule has 0 aliphatic heterocycles. The molecule has 0 spiro atoms. The summed E-state index contributed by atoms with van der Waals surface area (Å²) in [6.07, 6.45) is 0.593. The minimum atomic E-state index is -0.175. The van der Waals surface area contributed by atoms with Gasteiger partial charge in [-0.15, -0.1) is 0 Å². The van der Waals surface area contributed by atoms with Crippen molar-refractivity contribution in [3.63, 3.8) is 0 Å². The van der Waals surface area contributed by atoms with Gasteiger partial charge >= 0.3 is 0 Å². The van der Waals surface area contributed by atoms with Crippen LogP contribution in [0.4, 0.5) is 0 Å². The van der Waals surface area contributed by atoms with Crippen LogP contribution >= 0.6 is 31.9 Å². The monoisotopic (exact) mass is 313 g/mol. The lowest BCUT2D eigenvalue weighted by Crippen LogP contribution is -2.49. The van der Waals surface area contributed by atoms with Crippen LogP contribution in [0.3, 0.4) is 0 Å². The van der Waals surface area contributed by atoms with Crippen LogP contribution in [-0.2, 0) is 4.79 Å².